The number of sulfonamides is 1. The minimum absolute atomic E-state index is 0. The molecule has 1 aliphatic heterocycles. The number of hydrogen-bond acceptors (Lipinski definition) is 3. The Balaban J connectivity index is 0.00000450. The zero-order valence-electron chi connectivity index (χ0n) is 17.4. The number of hydrogen-bond donors (Lipinski definition) is 2. The first-order valence-corrected chi connectivity index (χ1v) is 11.1. The number of rotatable bonds is 6. The number of piperidine rings is 1. The standard InChI is InChI=1S/C19H29F3N4O2S.HI/c1-4-23-17(24-14-18(2,3)15-8-6-5-7-9-15)25-16-10-12-26(13-11-16)29(27,28)19(20,21)22;/h5-9,16H,4,10-14H2,1-3H3,(H2,23,24,25);1H. The predicted octanol–water partition coefficient (Wildman–Crippen LogP) is 3.45. The Morgan fingerprint density at radius 3 is 2.23 bits per heavy atom. The van der Waals surface area contributed by atoms with Crippen molar-refractivity contribution >= 4 is 40.0 Å². The first kappa shape index (κ1) is 27.0. The van der Waals surface area contributed by atoms with Crippen LogP contribution < -0.4 is 10.6 Å². The summed E-state index contributed by atoms with van der Waals surface area (Å²) in [6.45, 7) is 6.93. The van der Waals surface area contributed by atoms with Crippen molar-refractivity contribution in [1.29, 1.82) is 0 Å². The maximum absolute atomic E-state index is 12.7. The Bertz CT molecular complexity index is 794. The highest BCUT2D eigenvalue weighted by atomic mass is 127. The molecule has 1 fully saturated rings. The highest BCUT2D eigenvalue weighted by Crippen LogP contribution is 2.29. The minimum Gasteiger partial charge on any atom is -0.357 e. The summed E-state index contributed by atoms with van der Waals surface area (Å²) in [4.78, 5) is 4.65. The van der Waals surface area contributed by atoms with Gasteiger partial charge in [0.1, 0.15) is 0 Å². The van der Waals surface area contributed by atoms with E-state index in [0.717, 1.165) is 5.56 Å². The largest absolute Gasteiger partial charge is 0.511 e. The van der Waals surface area contributed by atoms with Crippen LogP contribution in [0.2, 0.25) is 0 Å². The third kappa shape index (κ3) is 6.98. The number of benzene rings is 1. The van der Waals surface area contributed by atoms with Crippen LogP contribution in [-0.2, 0) is 15.4 Å². The number of aliphatic imine (C=N–C) groups is 1. The molecule has 1 heterocycles. The van der Waals surface area contributed by atoms with E-state index >= 15 is 0 Å². The van der Waals surface area contributed by atoms with Gasteiger partial charge in [0, 0.05) is 31.1 Å². The summed E-state index contributed by atoms with van der Waals surface area (Å²) in [5.41, 5.74) is -4.29. The van der Waals surface area contributed by atoms with E-state index in [1.54, 1.807) is 0 Å². The van der Waals surface area contributed by atoms with Crippen molar-refractivity contribution in [3.8, 4) is 0 Å². The van der Waals surface area contributed by atoms with Crippen LogP contribution in [0.4, 0.5) is 13.2 Å². The van der Waals surface area contributed by atoms with E-state index in [0.29, 0.717) is 23.4 Å². The summed E-state index contributed by atoms with van der Waals surface area (Å²) in [6, 6.07) is 9.87. The Morgan fingerprint density at radius 1 is 1.17 bits per heavy atom. The van der Waals surface area contributed by atoms with Crippen LogP contribution in [0.1, 0.15) is 39.2 Å². The minimum atomic E-state index is -5.26. The lowest BCUT2D eigenvalue weighted by molar-refractivity contribution is -0.0494. The molecule has 0 radical (unpaired) electrons. The van der Waals surface area contributed by atoms with Crippen LogP contribution in [0.25, 0.3) is 0 Å². The summed E-state index contributed by atoms with van der Waals surface area (Å²) in [7, 11) is -5.26. The molecular formula is C19H30F3IN4O2S. The van der Waals surface area contributed by atoms with Gasteiger partial charge in [0.2, 0.25) is 0 Å². The Morgan fingerprint density at radius 2 is 1.73 bits per heavy atom. The van der Waals surface area contributed by atoms with E-state index in [4.69, 9.17) is 0 Å². The lowest BCUT2D eigenvalue weighted by atomic mass is 9.85. The summed E-state index contributed by atoms with van der Waals surface area (Å²) in [5.74, 6) is 0.577. The Hall–Kier alpha value is -1.08. The maximum Gasteiger partial charge on any atom is 0.511 e. The molecule has 0 saturated carbocycles. The Labute approximate surface area is 193 Å². The fraction of sp³-hybridized carbons (Fsp3) is 0.632. The normalized spacial score (nSPS) is 17.3. The van der Waals surface area contributed by atoms with Crippen molar-refractivity contribution in [2.45, 2.75) is 50.6 Å². The molecule has 2 N–H and O–H groups in total. The van der Waals surface area contributed by atoms with Crippen LogP contribution in [0.3, 0.4) is 0 Å². The quantitative estimate of drug-likeness (QED) is 0.317. The van der Waals surface area contributed by atoms with Crippen LogP contribution in [0, 0.1) is 0 Å². The van der Waals surface area contributed by atoms with E-state index in [1.807, 2.05) is 37.3 Å². The second kappa shape index (κ2) is 11.0. The average molecular weight is 562 g/mol. The summed E-state index contributed by atoms with van der Waals surface area (Å²) in [5, 5.41) is 6.37. The third-order valence-electron chi connectivity index (χ3n) is 4.96. The van der Waals surface area contributed by atoms with Gasteiger partial charge in [-0.25, -0.2) is 8.42 Å². The van der Waals surface area contributed by atoms with E-state index in [2.05, 4.69) is 29.5 Å². The van der Waals surface area contributed by atoms with E-state index in [9.17, 15) is 21.6 Å². The lowest BCUT2D eigenvalue weighted by Crippen LogP contribution is -2.51. The van der Waals surface area contributed by atoms with Crippen LogP contribution in [-0.4, -0.2) is 56.4 Å². The van der Waals surface area contributed by atoms with Gasteiger partial charge in [-0.3, -0.25) is 4.99 Å². The second-order valence-corrected chi connectivity index (χ2v) is 9.64. The smallest absolute Gasteiger partial charge is 0.357 e. The highest BCUT2D eigenvalue weighted by molar-refractivity contribution is 14.0. The van der Waals surface area contributed by atoms with Gasteiger partial charge in [-0.05, 0) is 25.3 Å². The second-order valence-electron chi connectivity index (χ2n) is 7.71. The lowest BCUT2D eigenvalue weighted by Gasteiger charge is -2.32. The molecule has 0 aliphatic carbocycles. The van der Waals surface area contributed by atoms with E-state index in [-0.39, 0.29) is 61.4 Å². The molecule has 1 saturated heterocycles. The predicted molar refractivity (Wildman–Crippen MR) is 124 cm³/mol. The van der Waals surface area contributed by atoms with Gasteiger partial charge in [0.25, 0.3) is 0 Å². The molecule has 1 aromatic carbocycles. The van der Waals surface area contributed by atoms with Crippen molar-refractivity contribution in [3.05, 3.63) is 35.9 Å². The fourth-order valence-electron chi connectivity index (χ4n) is 3.16. The molecule has 6 nitrogen and oxygen atoms in total. The molecule has 2 rings (SSSR count). The van der Waals surface area contributed by atoms with Crippen molar-refractivity contribution < 1.29 is 21.6 Å². The first-order chi connectivity index (χ1) is 13.5. The number of guanidine groups is 1. The van der Waals surface area contributed by atoms with Gasteiger partial charge >= 0.3 is 15.5 Å². The summed E-state index contributed by atoms with van der Waals surface area (Å²) >= 11 is 0. The molecule has 0 bridgehead atoms. The Kier molecular flexibility index (Phi) is 9.87. The van der Waals surface area contributed by atoms with Crippen molar-refractivity contribution in [3.63, 3.8) is 0 Å². The molecule has 0 atom stereocenters. The topological polar surface area (TPSA) is 73.8 Å². The zero-order chi connectivity index (χ0) is 21.7. The van der Waals surface area contributed by atoms with Crippen LogP contribution in [0.15, 0.2) is 35.3 Å². The van der Waals surface area contributed by atoms with Gasteiger partial charge in [-0.2, -0.15) is 17.5 Å². The summed E-state index contributed by atoms with van der Waals surface area (Å²) in [6.07, 6.45) is 0.559. The fourth-order valence-corrected chi connectivity index (χ4v) is 4.14. The van der Waals surface area contributed by atoms with Gasteiger partial charge in [-0.1, -0.05) is 44.2 Å². The van der Waals surface area contributed by atoms with Gasteiger partial charge in [-0.15, -0.1) is 24.0 Å². The molecule has 1 aromatic rings. The van der Waals surface area contributed by atoms with Crippen molar-refractivity contribution in [2.24, 2.45) is 4.99 Å². The number of halogens is 4. The number of nitrogens with zero attached hydrogens (tertiary/aromatic N) is 2. The van der Waals surface area contributed by atoms with E-state index < -0.39 is 15.5 Å². The molecule has 30 heavy (non-hydrogen) atoms. The van der Waals surface area contributed by atoms with E-state index in [1.165, 1.54) is 0 Å². The SMILES string of the molecule is CCNC(=NCC(C)(C)c1ccccc1)NC1CCN(S(=O)(=O)C(F)(F)F)CC1.I. The molecular weight excluding hydrogens is 532 g/mol. The first-order valence-electron chi connectivity index (χ1n) is 9.64. The molecule has 172 valence electrons. The van der Waals surface area contributed by atoms with Crippen molar-refractivity contribution in [1.82, 2.24) is 14.9 Å². The van der Waals surface area contributed by atoms with Gasteiger partial charge in [0.05, 0.1) is 6.54 Å². The number of alkyl halides is 3. The molecule has 1 aliphatic rings. The molecule has 0 amide bonds. The maximum atomic E-state index is 12.7. The zero-order valence-corrected chi connectivity index (χ0v) is 20.5. The monoisotopic (exact) mass is 562 g/mol. The molecule has 11 heteroatoms. The average Bonchev–Trinajstić information content (AvgIpc) is 2.66. The molecule has 0 unspecified atom stereocenters. The highest BCUT2D eigenvalue weighted by Gasteiger charge is 2.50. The summed E-state index contributed by atoms with van der Waals surface area (Å²) < 4.78 is 61.7. The van der Waals surface area contributed by atoms with Gasteiger partial charge < -0.3 is 10.6 Å². The van der Waals surface area contributed by atoms with Gasteiger partial charge in [0.15, 0.2) is 5.96 Å². The van der Waals surface area contributed by atoms with Crippen LogP contribution in [0.5, 0.6) is 0 Å². The number of nitrogens with one attached hydrogen (secondary N) is 2. The third-order valence-corrected chi connectivity index (χ3v) is 6.59. The molecule has 0 spiro atoms. The molecule has 0 aromatic heterocycles. The van der Waals surface area contributed by atoms with Crippen LogP contribution >= 0.6 is 24.0 Å². The van der Waals surface area contributed by atoms with Crippen molar-refractivity contribution in [2.75, 3.05) is 26.2 Å².